The Balaban J connectivity index is 0.728. The topological polar surface area (TPSA) is 195 Å². The number of likely N-dealkylation sites (tertiary alicyclic amines) is 1. The first kappa shape index (κ1) is 43.7. The van der Waals surface area contributed by atoms with Crippen LogP contribution < -0.4 is 21.6 Å². The Morgan fingerprint density at radius 3 is 2.58 bits per heavy atom. The molecular formula is C45H57F2N11O6. The van der Waals surface area contributed by atoms with E-state index in [4.69, 9.17) is 4.74 Å². The molecule has 9 rings (SSSR count). The van der Waals surface area contributed by atoms with E-state index in [1.54, 1.807) is 28.6 Å². The molecule has 4 aromatic heterocycles. The first-order chi connectivity index (χ1) is 31.0. The van der Waals surface area contributed by atoms with E-state index < -0.39 is 36.1 Å². The highest BCUT2D eigenvalue weighted by Gasteiger charge is 2.33. The molecule has 6 heterocycles. The maximum absolute atomic E-state index is 14.3. The summed E-state index contributed by atoms with van der Waals surface area (Å²) in [5, 5.41) is 27.2. The van der Waals surface area contributed by atoms with Gasteiger partial charge in [-0.2, -0.15) is 10.2 Å². The van der Waals surface area contributed by atoms with Crippen LogP contribution in [0.15, 0.2) is 47.7 Å². The molecule has 64 heavy (non-hydrogen) atoms. The lowest BCUT2D eigenvalue weighted by Gasteiger charge is -2.36. The molecule has 0 spiro atoms. The Bertz CT molecular complexity index is 2550. The number of carbonyl (C=O) groups excluding carboxylic acids is 3. The molecule has 3 amide bonds. The summed E-state index contributed by atoms with van der Waals surface area (Å²) in [5.74, 6) is -0.382. The highest BCUT2D eigenvalue weighted by atomic mass is 19.3. The molecule has 0 bridgehead atoms. The summed E-state index contributed by atoms with van der Waals surface area (Å²) in [5.41, 5.74) is 2.15. The van der Waals surface area contributed by atoms with E-state index in [1.165, 1.54) is 21.5 Å². The van der Waals surface area contributed by atoms with E-state index in [-0.39, 0.29) is 53.1 Å². The van der Waals surface area contributed by atoms with Gasteiger partial charge in [0.05, 0.1) is 47.2 Å². The van der Waals surface area contributed by atoms with Gasteiger partial charge in [-0.1, -0.05) is 25.0 Å². The normalized spacial score (nSPS) is 23.9. The van der Waals surface area contributed by atoms with Crippen LogP contribution in [0.1, 0.15) is 124 Å². The predicted octanol–water partition coefficient (Wildman–Crippen LogP) is 5.31. The number of aliphatic hydroxyl groups is 1. The zero-order valence-electron chi connectivity index (χ0n) is 36.1. The number of hydrogen-bond acceptors (Lipinski definition) is 11. The van der Waals surface area contributed by atoms with Gasteiger partial charge in [0.1, 0.15) is 17.4 Å². The number of amides is 3. The Hall–Kier alpha value is -5.53. The minimum Gasteiger partial charge on any atom is -0.391 e. The molecule has 17 nitrogen and oxygen atoms in total. The molecule has 2 saturated carbocycles. The summed E-state index contributed by atoms with van der Waals surface area (Å²) in [6.45, 7) is 3.48. The SMILES string of the molecule is Cn1c(=O)n(C2CCC(=O)NC2=O)c2cccc(CCCOC3CCN(CC4CCC(n5cc(NC(=O)c6cnn7ccc(N[C@@H]8CCCC[C@@H]8O)nc67)c(C(F)F)n5)CC4)CC3)c21. The number of piperidine rings is 2. The third-order valence-electron chi connectivity index (χ3n) is 13.8. The number of anilines is 2. The summed E-state index contributed by atoms with van der Waals surface area (Å²) in [4.78, 5) is 58.2. The van der Waals surface area contributed by atoms with Crippen molar-refractivity contribution in [3.05, 3.63) is 70.2 Å². The van der Waals surface area contributed by atoms with E-state index in [0.717, 1.165) is 101 Å². The quantitative estimate of drug-likeness (QED) is 0.0835. The molecule has 2 aliphatic carbocycles. The number of halogens is 2. The predicted molar refractivity (Wildman–Crippen MR) is 233 cm³/mol. The molecule has 342 valence electrons. The van der Waals surface area contributed by atoms with Crippen molar-refractivity contribution in [1.29, 1.82) is 0 Å². The fourth-order valence-electron chi connectivity index (χ4n) is 10.3. The van der Waals surface area contributed by atoms with Gasteiger partial charge in [-0.05, 0) is 94.2 Å². The number of nitrogens with one attached hydrogen (secondary N) is 3. The van der Waals surface area contributed by atoms with E-state index >= 15 is 0 Å². The Kier molecular flexibility index (Phi) is 12.9. The van der Waals surface area contributed by atoms with Crippen LogP contribution >= 0.6 is 0 Å². The molecule has 3 atom stereocenters. The second kappa shape index (κ2) is 18.9. The number of aromatic nitrogens is 7. The van der Waals surface area contributed by atoms with Crippen molar-refractivity contribution in [3.8, 4) is 0 Å². The molecule has 2 saturated heterocycles. The summed E-state index contributed by atoms with van der Waals surface area (Å²) in [6, 6.07) is 6.59. The van der Waals surface area contributed by atoms with Crippen LogP contribution in [0.3, 0.4) is 0 Å². The van der Waals surface area contributed by atoms with Crippen LogP contribution in [-0.2, 0) is 27.8 Å². The van der Waals surface area contributed by atoms with Crippen molar-refractivity contribution in [3.63, 3.8) is 0 Å². The highest BCUT2D eigenvalue weighted by Crippen LogP contribution is 2.36. The zero-order chi connectivity index (χ0) is 44.5. The highest BCUT2D eigenvalue weighted by molar-refractivity contribution is 6.08. The van der Waals surface area contributed by atoms with Gasteiger partial charge < -0.3 is 25.4 Å². The number of hydrogen-bond donors (Lipinski definition) is 4. The number of imidazole rings is 1. The average molecular weight is 886 g/mol. The molecule has 4 aliphatic rings. The third kappa shape index (κ3) is 9.19. The Morgan fingerprint density at radius 1 is 1.02 bits per heavy atom. The van der Waals surface area contributed by atoms with Gasteiger partial charge in [-0.3, -0.25) is 33.5 Å². The summed E-state index contributed by atoms with van der Waals surface area (Å²) < 4.78 is 41.1. The van der Waals surface area contributed by atoms with Crippen LogP contribution in [-0.4, -0.2) is 106 Å². The largest absolute Gasteiger partial charge is 0.391 e. The van der Waals surface area contributed by atoms with E-state index in [2.05, 4.69) is 36.0 Å². The zero-order valence-corrected chi connectivity index (χ0v) is 36.1. The maximum atomic E-state index is 14.3. The summed E-state index contributed by atoms with van der Waals surface area (Å²) in [6.07, 6.45) is 12.3. The van der Waals surface area contributed by atoms with Gasteiger partial charge in [0.2, 0.25) is 11.8 Å². The second-order valence-corrected chi connectivity index (χ2v) is 18.0. The van der Waals surface area contributed by atoms with Crippen LogP contribution in [0, 0.1) is 5.92 Å². The number of aliphatic hydroxyl groups excluding tert-OH is 1. The van der Waals surface area contributed by atoms with Crippen molar-refractivity contribution in [2.45, 2.75) is 127 Å². The second-order valence-electron chi connectivity index (χ2n) is 18.0. The van der Waals surface area contributed by atoms with Crippen LogP contribution in [0.5, 0.6) is 0 Å². The van der Waals surface area contributed by atoms with Gasteiger partial charge >= 0.3 is 5.69 Å². The third-order valence-corrected chi connectivity index (χ3v) is 13.8. The van der Waals surface area contributed by atoms with Gasteiger partial charge in [0.25, 0.3) is 12.3 Å². The number of rotatable bonds is 14. The van der Waals surface area contributed by atoms with Crippen molar-refractivity contribution in [2.24, 2.45) is 13.0 Å². The maximum Gasteiger partial charge on any atom is 0.329 e. The number of imide groups is 1. The van der Waals surface area contributed by atoms with Crippen molar-refractivity contribution < 1.29 is 33.0 Å². The summed E-state index contributed by atoms with van der Waals surface area (Å²) >= 11 is 0. The number of ether oxygens (including phenoxy) is 1. The van der Waals surface area contributed by atoms with Crippen LogP contribution in [0.4, 0.5) is 20.3 Å². The number of para-hydroxylation sites is 1. The van der Waals surface area contributed by atoms with Gasteiger partial charge in [0.15, 0.2) is 11.3 Å². The number of nitrogens with zero attached hydrogens (tertiary/aromatic N) is 8. The van der Waals surface area contributed by atoms with Crippen molar-refractivity contribution in [2.75, 3.05) is 36.9 Å². The molecule has 4 N–H and O–H groups in total. The average Bonchev–Trinajstić information content (AvgIpc) is 3.98. The fourth-order valence-corrected chi connectivity index (χ4v) is 10.3. The smallest absolute Gasteiger partial charge is 0.329 e. The monoisotopic (exact) mass is 885 g/mol. The lowest BCUT2D eigenvalue weighted by Crippen LogP contribution is -2.44. The lowest BCUT2D eigenvalue weighted by atomic mass is 9.85. The molecule has 0 radical (unpaired) electrons. The minimum absolute atomic E-state index is 0.0304. The fraction of sp³-hybridized carbons (Fsp3) is 0.578. The molecule has 1 aromatic carbocycles. The van der Waals surface area contributed by atoms with Crippen LogP contribution in [0.25, 0.3) is 16.7 Å². The first-order valence-electron chi connectivity index (χ1n) is 22.8. The molecular weight excluding hydrogens is 829 g/mol. The molecule has 1 unspecified atom stereocenters. The Morgan fingerprint density at radius 2 is 1.81 bits per heavy atom. The van der Waals surface area contributed by atoms with Crippen LogP contribution in [0.2, 0.25) is 0 Å². The summed E-state index contributed by atoms with van der Waals surface area (Å²) in [7, 11) is 1.72. The van der Waals surface area contributed by atoms with E-state index in [1.807, 2.05) is 18.2 Å². The number of aryl methyl sites for hydroxylation is 2. The van der Waals surface area contributed by atoms with E-state index in [0.29, 0.717) is 36.7 Å². The van der Waals surface area contributed by atoms with Gasteiger partial charge in [0, 0.05) is 52.1 Å². The standard InChI is InChI=1S/C45H57F2N11O6/c1-54-40-28(6-4-9-34(40)58(45(54)63)35-15-16-38(60)52-44(35)62)7-5-23-64-30-17-20-55(21-18-30)25-27-11-13-29(14-12-27)57-26-33(39(53-57)41(46)47)50-43(61)31-24-48-56-22-19-37(51-42(31)56)49-32-8-2-3-10-36(32)59/h4,6,9,19,22,24,26-27,29-30,32,35-36,41,59H,2-3,5,7-8,10-18,20-21,23,25H2,1H3,(H,49,51)(H,50,61)(H,52,60,62)/t27?,29?,32-,35?,36+/m1/s1. The molecule has 2 aliphatic heterocycles. The van der Waals surface area contributed by atoms with Crippen molar-refractivity contribution >= 4 is 45.9 Å². The van der Waals surface area contributed by atoms with Crippen molar-refractivity contribution in [1.82, 2.24) is 43.7 Å². The van der Waals surface area contributed by atoms with E-state index in [9.17, 15) is 33.1 Å². The first-order valence-corrected chi connectivity index (χ1v) is 22.8. The molecule has 19 heteroatoms. The number of alkyl halides is 2. The lowest BCUT2D eigenvalue weighted by molar-refractivity contribution is -0.135. The molecule has 4 fully saturated rings. The Labute approximate surface area is 368 Å². The molecule has 5 aromatic rings. The minimum atomic E-state index is -2.88. The van der Waals surface area contributed by atoms with Gasteiger partial charge in [-0.15, -0.1) is 0 Å². The number of carbonyl (C=O) groups is 3. The number of fused-ring (bicyclic) bond motifs is 2. The van der Waals surface area contributed by atoms with Gasteiger partial charge in [-0.25, -0.2) is 23.1 Å². The number of benzene rings is 1.